The summed E-state index contributed by atoms with van der Waals surface area (Å²) in [5.74, 6) is -1.87. The van der Waals surface area contributed by atoms with Crippen molar-refractivity contribution in [1.82, 2.24) is 0 Å². The summed E-state index contributed by atoms with van der Waals surface area (Å²) in [4.78, 5) is 13.1. The molecule has 11 heteroatoms. The van der Waals surface area contributed by atoms with Crippen molar-refractivity contribution < 1.29 is 49.6 Å². The van der Waals surface area contributed by atoms with E-state index in [-0.39, 0.29) is 22.5 Å². The molecular formula is C20H20O11. The molecule has 1 aromatic heterocycles. The van der Waals surface area contributed by atoms with E-state index in [2.05, 4.69) is 0 Å². The number of phenolic OH excluding ortho intramolecular Hbond substituents is 3. The Balaban J connectivity index is 2.13. The van der Waals surface area contributed by atoms with E-state index in [1.165, 1.54) is 13.2 Å². The molecule has 0 bridgehead atoms. The van der Waals surface area contributed by atoms with Crippen LogP contribution in [-0.4, -0.2) is 74.4 Å². The van der Waals surface area contributed by atoms with Gasteiger partial charge in [0.1, 0.15) is 40.8 Å². The highest BCUT2D eigenvalue weighted by atomic mass is 16.5. The second kappa shape index (κ2) is 7.25. The zero-order valence-electron chi connectivity index (χ0n) is 16.1. The van der Waals surface area contributed by atoms with Crippen molar-refractivity contribution >= 4 is 21.9 Å². The molecule has 31 heavy (non-hydrogen) atoms. The fourth-order valence-electron chi connectivity index (χ4n) is 3.94. The van der Waals surface area contributed by atoms with Gasteiger partial charge in [-0.15, -0.1) is 0 Å². The third-order valence-corrected chi connectivity index (χ3v) is 5.56. The Kier molecular flexibility index (Phi) is 4.95. The Hall–Kier alpha value is -3.09. The van der Waals surface area contributed by atoms with Gasteiger partial charge in [0.2, 0.25) is 5.43 Å². The summed E-state index contributed by atoms with van der Waals surface area (Å²) >= 11 is 0. The number of phenols is 3. The molecule has 0 unspecified atom stereocenters. The molecular weight excluding hydrogens is 416 g/mol. The van der Waals surface area contributed by atoms with E-state index in [9.17, 15) is 40.5 Å². The molecule has 0 spiro atoms. The van der Waals surface area contributed by atoms with Crippen LogP contribution in [0.3, 0.4) is 0 Å². The molecule has 1 aliphatic heterocycles. The fourth-order valence-corrected chi connectivity index (χ4v) is 3.94. The van der Waals surface area contributed by atoms with Gasteiger partial charge in [0.15, 0.2) is 22.7 Å². The smallest absolute Gasteiger partial charge is 0.204 e. The number of ether oxygens (including phenoxy) is 2. The molecule has 0 radical (unpaired) electrons. The summed E-state index contributed by atoms with van der Waals surface area (Å²) in [5.41, 5.74) is -4.72. The van der Waals surface area contributed by atoms with E-state index in [1.54, 1.807) is 0 Å². The first kappa shape index (κ1) is 21.2. The van der Waals surface area contributed by atoms with Crippen LogP contribution in [0.5, 0.6) is 23.0 Å². The average molecular weight is 436 g/mol. The number of aliphatic hydroxyl groups excluding tert-OH is 3. The Labute approximate surface area is 173 Å². The molecule has 4 rings (SSSR count). The summed E-state index contributed by atoms with van der Waals surface area (Å²) in [5, 5.41) is 72.1. The fraction of sp³-hybridized carbons (Fsp3) is 0.350. The Morgan fingerprint density at radius 2 is 1.84 bits per heavy atom. The largest absolute Gasteiger partial charge is 0.507 e. The van der Waals surface area contributed by atoms with E-state index >= 15 is 0 Å². The van der Waals surface area contributed by atoms with E-state index in [0.717, 1.165) is 12.1 Å². The maximum Gasteiger partial charge on any atom is 0.204 e. The van der Waals surface area contributed by atoms with Crippen molar-refractivity contribution in [2.45, 2.75) is 23.9 Å². The second-order valence-electron chi connectivity index (χ2n) is 7.29. The van der Waals surface area contributed by atoms with Gasteiger partial charge in [-0.25, -0.2) is 0 Å². The number of benzene rings is 2. The maximum absolute atomic E-state index is 13.1. The minimum atomic E-state index is -2.64. The summed E-state index contributed by atoms with van der Waals surface area (Å²) in [6.07, 6.45) is -5.06. The van der Waals surface area contributed by atoms with Crippen molar-refractivity contribution in [3.63, 3.8) is 0 Å². The first-order valence-electron chi connectivity index (χ1n) is 9.19. The third-order valence-electron chi connectivity index (χ3n) is 5.56. The van der Waals surface area contributed by atoms with Gasteiger partial charge in [0.25, 0.3) is 0 Å². The standard InChI is InChI=1S/C20H20O11/c1-29-12-2-7-11(4-8(12)22)31-18-15(17(7)26)9(23)3-10(24)16(18)20(28)14(25)6-30-13(5-21)19(20)27/h2-4,13-14,19,21-25,27-28H,5-6H2,1H3/t13-,14+,19-,20-/m1/s1. The van der Waals surface area contributed by atoms with Gasteiger partial charge in [-0.05, 0) is 6.07 Å². The summed E-state index contributed by atoms with van der Waals surface area (Å²) in [6, 6.07) is 3.02. The molecule has 1 saturated heterocycles. The average Bonchev–Trinajstić information content (AvgIpc) is 2.71. The van der Waals surface area contributed by atoms with Crippen LogP contribution >= 0.6 is 0 Å². The van der Waals surface area contributed by atoms with Crippen molar-refractivity contribution in [3.05, 3.63) is 34.0 Å². The second-order valence-corrected chi connectivity index (χ2v) is 7.29. The minimum absolute atomic E-state index is 0.0302. The molecule has 166 valence electrons. The zero-order chi connectivity index (χ0) is 22.7. The molecule has 4 atom stereocenters. The Morgan fingerprint density at radius 3 is 2.48 bits per heavy atom. The molecule has 11 nitrogen and oxygen atoms in total. The van der Waals surface area contributed by atoms with Crippen LogP contribution in [0.15, 0.2) is 27.4 Å². The van der Waals surface area contributed by atoms with Crippen LogP contribution in [0.25, 0.3) is 21.9 Å². The van der Waals surface area contributed by atoms with E-state index < -0.39 is 70.6 Å². The lowest BCUT2D eigenvalue weighted by Crippen LogP contribution is -2.61. The molecule has 2 aromatic carbocycles. The summed E-state index contributed by atoms with van der Waals surface area (Å²) in [7, 11) is 1.28. The summed E-state index contributed by atoms with van der Waals surface area (Å²) in [6.45, 7) is -1.23. The number of hydrogen-bond acceptors (Lipinski definition) is 11. The third kappa shape index (κ3) is 2.90. The van der Waals surface area contributed by atoms with Crippen molar-refractivity contribution in [1.29, 1.82) is 0 Å². The normalized spacial score (nSPS) is 26.4. The lowest BCUT2D eigenvalue weighted by atomic mass is 9.78. The highest BCUT2D eigenvalue weighted by Gasteiger charge is 2.54. The van der Waals surface area contributed by atoms with Crippen LogP contribution in [-0.2, 0) is 10.3 Å². The molecule has 0 aliphatic carbocycles. The van der Waals surface area contributed by atoms with Crippen molar-refractivity contribution in [2.75, 3.05) is 20.3 Å². The van der Waals surface area contributed by atoms with E-state index in [4.69, 9.17) is 13.9 Å². The minimum Gasteiger partial charge on any atom is -0.507 e. The van der Waals surface area contributed by atoms with Crippen molar-refractivity contribution in [2.24, 2.45) is 0 Å². The van der Waals surface area contributed by atoms with Gasteiger partial charge in [0.05, 0.1) is 31.3 Å². The molecule has 3 aromatic rings. The lowest BCUT2D eigenvalue weighted by molar-refractivity contribution is -0.253. The van der Waals surface area contributed by atoms with Crippen LogP contribution in [0.4, 0.5) is 0 Å². The quantitative estimate of drug-likeness (QED) is 0.259. The SMILES string of the molecule is COc1cc2c(=O)c3c(O)cc(O)c([C@@]4(O)[C@H](O)[C@@H](CO)OC[C@@H]4O)c3oc2cc1O. The number of aliphatic hydroxyl groups is 4. The number of methoxy groups -OCH3 is 1. The maximum atomic E-state index is 13.1. The van der Waals surface area contributed by atoms with Gasteiger partial charge in [-0.3, -0.25) is 4.79 Å². The summed E-state index contributed by atoms with van der Waals surface area (Å²) < 4.78 is 15.7. The highest BCUT2D eigenvalue weighted by Crippen LogP contribution is 2.46. The molecule has 0 amide bonds. The van der Waals surface area contributed by atoms with Gasteiger partial charge < -0.3 is 49.6 Å². The number of aromatic hydroxyl groups is 3. The number of rotatable bonds is 3. The Morgan fingerprint density at radius 1 is 1.13 bits per heavy atom. The van der Waals surface area contributed by atoms with Gasteiger partial charge in [-0.1, -0.05) is 0 Å². The van der Waals surface area contributed by atoms with Crippen LogP contribution in [0, 0.1) is 0 Å². The van der Waals surface area contributed by atoms with Crippen molar-refractivity contribution in [3.8, 4) is 23.0 Å². The number of fused-ring (bicyclic) bond motifs is 2. The predicted molar refractivity (Wildman–Crippen MR) is 104 cm³/mol. The van der Waals surface area contributed by atoms with E-state index in [0.29, 0.717) is 0 Å². The topological polar surface area (TPSA) is 190 Å². The monoisotopic (exact) mass is 436 g/mol. The highest BCUT2D eigenvalue weighted by molar-refractivity contribution is 5.97. The van der Waals surface area contributed by atoms with Gasteiger partial charge in [-0.2, -0.15) is 0 Å². The van der Waals surface area contributed by atoms with Crippen LogP contribution in [0.2, 0.25) is 0 Å². The first-order valence-corrected chi connectivity index (χ1v) is 9.19. The van der Waals surface area contributed by atoms with Gasteiger partial charge >= 0.3 is 0 Å². The molecule has 7 N–H and O–H groups in total. The van der Waals surface area contributed by atoms with Crippen LogP contribution < -0.4 is 10.2 Å². The van der Waals surface area contributed by atoms with E-state index in [1.807, 2.05) is 0 Å². The molecule has 0 saturated carbocycles. The predicted octanol–water partition coefficient (Wildman–Crippen LogP) is -0.628. The molecule has 1 aliphatic rings. The zero-order valence-corrected chi connectivity index (χ0v) is 16.1. The molecule has 1 fully saturated rings. The Bertz CT molecular complexity index is 1230. The van der Waals surface area contributed by atoms with Crippen LogP contribution in [0.1, 0.15) is 5.56 Å². The first-order chi connectivity index (χ1) is 14.6. The molecule has 2 heterocycles. The number of hydrogen-bond donors (Lipinski definition) is 7. The van der Waals surface area contributed by atoms with Gasteiger partial charge in [0, 0.05) is 12.1 Å². The lowest BCUT2D eigenvalue weighted by Gasteiger charge is -2.44.